The van der Waals surface area contributed by atoms with E-state index in [2.05, 4.69) is 0 Å². The molecule has 4 heteroatoms. The highest BCUT2D eigenvalue weighted by molar-refractivity contribution is 6.09. The quantitative estimate of drug-likeness (QED) is 0.630. The average molecular weight is 231 g/mol. The van der Waals surface area contributed by atoms with E-state index in [1.807, 2.05) is 5.48 Å². The summed E-state index contributed by atoms with van der Waals surface area (Å²) in [6.45, 7) is 0. The van der Waals surface area contributed by atoms with E-state index < -0.39 is 0 Å². The third-order valence-electron chi connectivity index (χ3n) is 2.38. The average Bonchev–Trinajstić information content (AvgIpc) is 2.39. The molecule has 0 radical (unpaired) electrons. The zero-order valence-corrected chi connectivity index (χ0v) is 8.85. The zero-order chi connectivity index (χ0) is 12.3. The molecule has 2 N–H and O–H groups in total. The molecular formula is C13H10FNO2. The van der Waals surface area contributed by atoms with Crippen molar-refractivity contribution in [2.24, 2.45) is 0 Å². The van der Waals surface area contributed by atoms with Crippen LogP contribution in [0.15, 0.2) is 48.5 Å². The SMILES string of the molecule is O=C(c1ccc(F)cc1)c1ccc(NO)cc1. The molecule has 0 fully saturated rings. The second kappa shape index (κ2) is 4.76. The van der Waals surface area contributed by atoms with Gasteiger partial charge in [-0.3, -0.25) is 15.5 Å². The number of rotatable bonds is 3. The summed E-state index contributed by atoms with van der Waals surface area (Å²) in [7, 11) is 0. The van der Waals surface area contributed by atoms with Crippen molar-refractivity contribution < 1.29 is 14.4 Å². The van der Waals surface area contributed by atoms with Gasteiger partial charge in [-0.05, 0) is 48.5 Å². The minimum Gasteiger partial charge on any atom is -0.291 e. The van der Waals surface area contributed by atoms with Crippen LogP contribution in [0.3, 0.4) is 0 Å². The molecule has 0 saturated heterocycles. The number of carbonyl (C=O) groups is 1. The molecule has 0 atom stereocenters. The number of nitrogens with one attached hydrogen (secondary N) is 1. The third-order valence-corrected chi connectivity index (χ3v) is 2.38. The number of anilines is 1. The van der Waals surface area contributed by atoms with Gasteiger partial charge in [0, 0.05) is 11.1 Å². The highest BCUT2D eigenvalue weighted by Gasteiger charge is 2.08. The van der Waals surface area contributed by atoms with Crippen molar-refractivity contribution in [2.75, 3.05) is 5.48 Å². The first-order chi connectivity index (χ1) is 8.20. The van der Waals surface area contributed by atoms with Gasteiger partial charge in [-0.2, -0.15) is 0 Å². The van der Waals surface area contributed by atoms with Crippen LogP contribution in [0.4, 0.5) is 10.1 Å². The lowest BCUT2D eigenvalue weighted by Gasteiger charge is -2.02. The predicted molar refractivity (Wildman–Crippen MR) is 61.7 cm³/mol. The van der Waals surface area contributed by atoms with Crippen LogP contribution < -0.4 is 5.48 Å². The van der Waals surface area contributed by atoms with Crippen molar-refractivity contribution >= 4 is 11.5 Å². The van der Waals surface area contributed by atoms with Crippen LogP contribution in [0.25, 0.3) is 0 Å². The first kappa shape index (κ1) is 11.3. The molecule has 0 aliphatic carbocycles. The molecule has 0 amide bonds. The van der Waals surface area contributed by atoms with E-state index in [-0.39, 0.29) is 11.6 Å². The largest absolute Gasteiger partial charge is 0.291 e. The van der Waals surface area contributed by atoms with Crippen LogP contribution in [0.1, 0.15) is 15.9 Å². The Morgan fingerprint density at radius 1 is 0.941 bits per heavy atom. The van der Waals surface area contributed by atoms with Crippen molar-refractivity contribution in [3.63, 3.8) is 0 Å². The molecule has 0 bridgehead atoms. The van der Waals surface area contributed by atoms with Gasteiger partial charge < -0.3 is 0 Å². The second-order valence-corrected chi connectivity index (χ2v) is 3.53. The molecule has 0 saturated carbocycles. The van der Waals surface area contributed by atoms with Gasteiger partial charge in [0.25, 0.3) is 0 Å². The van der Waals surface area contributed by atoms with Crippen LogP contribution in [0, 0.1) is 5.82 Å². The number of benzene rings is 2. The van der Waals surface area contributed by atoms with Crippen LogP contribution in [-0.4, -0.2) is 11.0 Å². The zero-order valence-electron chi connectivity index (χ0n) is 8.85. The summed E-state index contributed by atoms with van der Waals surface area (Å²) in [6.07, 6.45) is 0. The highest BCUT2D eigenvalue weighted by atomic mass is 19.1. The topological polar surface area (TPSA) is 49.3 Å². The third kappa shape index (κ3) is 2.49. The fraction of sp³-hybridized carbons (Fsp3) is 0. The summed E-state index contributed by atoms with van der Waals surface area (Å²) in [5.41, 5.74) is 3.39. The fourth-order valence-electron chi connectivity index (χ4n) is 1.46. The van der Waals surface area contributed by atoms with E-state index >= 15 is 0 Å². The van der Waals surface area contributed by atoms with E-state index in [9.17, 15) is 9.18 Å². The standard InChI is InChI=1S/C13H10FNO2/c14-11-5-1-9(2-6-11)13(16)10-3-7-12(15-17)8-4-10/h1-8,15,17H. The van der Waals surface area contributed by atoms with Gasteiger partial charge in [-0.25, -0.2) is 4.39 Å². The fourth-order valence-corrected chi connectivity index (χ4v) is 1.46. The lowest BCUT2D eigenvalue weighted by atomic mass is 10.0. The molecule has 2 aromatic rings. The summed E-state index contributed by atoms with van der Waals surface area (Å²) in [4.78, 5) is 12.0. The Hall–Kier alpha value is -2.20. The molecule has 0 unspecified atom stereocenters. The Morgan fingerprint density at radius 3 is 1.88 bits per heavy atom. The smallest absolute Gasteiger partial charge is 0.193 e. The van der Waals surface area contributed by atoms with Crippen molar-refractivity contribution in [1.82, 2.24) is 0 Å². The monoisotopic (exact) mass is 231 g/mol. The first-order valence-electron chi connectivity index (χ1n) is 5.01. The van der Waals surface area contributed by atoms with Gasteiger partial charge in [0.05, 0.1) is 5.69 Å². The maximum Gasteiger partial charge on any atom is 0.193 e. The molecule has 2 aromatic carbocycles. The summed E-state index contributed by atoms with van der Waals surface area (Å²) in [5.74, 6) is -0.559. The van der Waals surface area contributed by atoms with E-state index in [1.165, 1.54) is 24.3 Å². The van der Waals surface area contributed by atoms with E-state index in [4.69, 9.17) is 5.21 Å². The number of hydrogen-bond donors (Lipinski definition) is 2. The number of hydrogen-bond acceptors (Lipinski definition) is 3. The summed E-state index contributed by atoms with van der Waals surface area (Å²) < 4.78 is 12.7. The Balaban J connectivity index is 2.27. The highest BCUT2D eigenvalue weighted by Crippen LogP contribution is 2.13. The van der Waals surface area contributed by atoms with Crippen LogP contribution in [0.5, 0.6) is 0 Å². The van der Waals surface area contributed by atoms with E-state index in [0.29, 0.717) is 16.8 Å². The van der Waals surface area contributed by atoms with Crippen molar-refractivity contribution in [2.45, 2.75) is 0 Å². The molecule has 0 aliphatic heterocycles. The Labute approximate surface area is 97.5 Å². The lowest BCUT2D eigenvalue weighted by Crippen LogP contribution is -2.01. The minimum absolute atomic E-state index is 0.186. The van der Waals surface area contributed by atoms with Crippen molar-refractivity contribution in [3.05, 3.63) is 65.5 Å². The number of ketones is 1. The molecule has 86 valence electrons. The second-order valence-electron chi connectivity index (χ2n) is 3.53. The molecule has 3 nitrogen and oxygen atoms in total. The van der Waals surface area contributed by atoms with Gasteiger partial charge in [-0.1, -0.05) is 0 Å². The molecule has 0 aliphatic rings. The normalized spacial score (nSPS) is 10.0. The van der Waals surface area contributed by atoms with Crippen molar-refractivity contribution in [1.29, 1.82) is 0 Å². The molecule has 0 spiro atoms. The van der Waals surface area contributed by atoms with E-state index in [0.717, 1.165) is 0 Å². The summed E-state index contributed by atoms with van der Waals surface area (Å²) in [5, 5.41) is 8.64. The summed E-state index contributed by atoms with van der Waals surface area (Å²) >= 11 is 0. The Kier molecular flexibility index (Phi) is 3.16. The van der Waals surface area contributed by atoms with Crippen LogP contribution in [0.2, 0.25) is 0 Å². The molecule has 17 heavy (non-hydrogen) atoms. The number of halogens is 1. The van der Waals surface area contributed by atoms with Gasteiger partial charge >= 0.3 is 0 Å². The predicted octanol–water partition coefficient (Wildman–Crippen LogP) is 2.86. The lowest BCUT2D eigenvalue weighted by molar-refractivity contribution is 0.103. The Bertz CT molecular complexity index is 520. The summed E-state index contributed by atoms with van der Waals surface area (Å²) in [6, 6.07) is 11.7. The van der Waals surface area contributed by atoms with Gasteiger partial charge in [0.2, 0.25) is 0 Å². The maximum atomic E-state index is 12.7. The minimum atomic E-state index is -0.374. The van der Waals surface area contributed by atoms with E-state index in [1.54, 1.807) is 24.3 Å². The first-order valence-corrected chi connectivity index (χ1v) is 5.01. The number of carbonyl (C=O) groups excluding carboxylic acids is 1. The maximum absolute atomic E-state index is 12.7. The molecule has 0 aromatic heterocycles. The van der Waals surface area contributed by atoms with Gasteiger partial charge in [-0.15, -0.1) is 0 Å². The molecule has 0 heterocycles. The van der Waals surface area contributed by atoms with Crippen LogP contribution >= 0.6 is 0 Å². The van der Waals surface area contributed by atoms with Gasteiger partial charge in [0.15, 0.2) is 5.78 Å². The van der Waals surface area contributed by atoms with Crippen LogP contribution in [-0.2, 0) is 0 Å². The Morgan fingerprint density at radius 2 is 1.41 bits per heavy atom. The molecular weight excluding hydrogens is 221 g/mol. The molecule has 2 rings (SSSR count). The van der Waals surface area contributed by atoms with Gasteiger partial charge in [0.1, 0.15) is 5.82 Å². The van der Waals surface area contributed by atoms with Crippen molar-refractivity contribution in [3.8, 4) is 0 Å².